The first-order valence-electron chi connectivity index (χ1n) is 6.45. The molecule has 2 aliphatic heterocycles. The van der Waals surface area contributed by atoms with Crippen molar-refractivity contribution in [2.45, 2.75) is 64.1 Å². The van der Waals surface area contributed by atoms with Gasteiger partial charge in [0.25, 0.3) is 5.91 Å². The average Bonchev–Trinajstić information content (AvgIpc) is 2.31. The number of hydrogen-bond acceptors (Lipinski definition) is 4. The molecule has 0 radical (unpaired) electrons. The molecule has 0 saturated carbocycles. The minimum atomic E-state index is -0.971. The third-order valence-corrected chi connectivity index (χ3v) is 3.64. The van der Waals surface area contributed by atoms with E-state index in [1.54, 1.807) is 0 Å². The van der Waals surface area contributed by atoms with Gasteiger partial charge in [0.15, 0.2) is 0 Å². The molecule has 0 aromatic rings. The van der Waals surface area contributed by atoms with Gasteiger partial charge in [-0.2, -0.15) is 4.90 Å². The highest BCUT2D eigenvalue weighted by molar-refractivity contribution is 6.17. The maximum absolute atomic E-state index is 12.5. The highest BCUT2D eigenvalue weighted by atomic mass is 16.2. The Morgan fingerprint density at radius 3 is 1.95 bits per heavy atom. The Balaban J connectivity index is 2.41. The normalized spacial score (nSPS) is 27.5. The molecule has 106 valence electrons. The zero-order valence-corrected chi connectivity index (χ0v) is 12.1. The number of amides is 4. The first-order chi connectivity index (χ1) is 8.48. The summed E-state index contributed by atoms with van der Waals surface area (Å²) in [6.07, 6.45) is 0.940. The van der Waals surface area contributed by atoms with Gasteiger partial charge in [0, 0.05) is 18.0 Å². The van der Waals surface area contributed by atoms with Gasteiger partial charge in [-0.15, -0.1) is 0 Å². The zero-order valence-electron chi connectivity index (χ0n) is 12.1. The molecular weight excluding hydrogens is 246 g/mol. The number of carbonyl (C=O) groups is 3. The zero-order chi connectivity index (χ0) is 14.6. The van der Waals surface area contributed by atoms with Crippen LogP contribution in [-0.2, 0) is 9.59 Å². The Morgan fingerprint density at radius 2 is 1.58 bits per heavy atom. The summed E-state index contributed by atoms with van der Waals surface area (Å²) in [5.74, 6) is -0.957. The van der Waals surface area contributed by atoms with E-state index in [1.807, 2.05) is 27.7 Å². The Kier molecular flexibility index (Phi) is 2.79. The number of nitrogens with zero attached hydrogens (tertiary/aromatic N) is 1. The molecule has 6 heteroatoms. The fourth-order valence-electron chi connectivity index (χ4n) is 3.72. The van der Waals surface area contributed by atoms with E-state index in [4.69, 9.17) is 0 Å². The molecule has 0 aromatic carbocycles. The van der Waals surface area contributed by atoms with E-state index in [0.29, 0.717) is 12.8 Å². The molecule has 2 fully saturated rings. The van der Waals surface area contributed by atoms with Gasteiger partial charge >= 0.3 is 6.03 Å². The summed E-state index contributed by atoms with van der Waals surface area (Å²) in [5, 5.41) is 6.19. The monoisotopic (exact) mass is 267 g/mol. The Labute approximate surface area is 112 Å². The van der Waals surface area contributed by atoms with Gasteiger partial charge in [-0.25, -0.2) is 4.79 Å². The van der Waals surface area contributed by atoms with Gasteiger partial charge in [-0.05, 0) is 40.5 Å². The molecule has 2 rings (SSSR count). The molecule has 2 aliphatic rings. The van der Waals surface area contributed by atoms with Crippen molar-refractivity contribution in [3.8, 4) is 0 Å². The van der Waals surface area contributed by atoms with Crippen LogP contribution < -0.4 is 10.6 Å². The highest BCUT2D eigenvalue weighted by Crippen LogP contribution is 2.39. The number of imide groups is 3. The van der Waals surface area contributed by atoms with Crippen molar-refractivity contribution in [2.24, 2.45) is 0 Å². The van der Waals surface area contributed by atoms with Crippen molar-refractivity contribution in [1.29, 1.82) is 0 Å². The lowest BCUT2D eigenvalue weighted by Crippen LogP contribution is -2.68. The molecular formula is C13H21N3O3. The number of rotatable bonds is 0. The summed E-state index contributed by atoms with van der Waals surface area (Å²) in [4.78, 5) is 36.5. The lowest BCUT2D eigenvalue weighted by molar-refractivity contribution is -0.142. The highest BCUT2D eigenvalue weighted by Gasteiger charge is 2.59. The van der Waals surface area contributed by atoms with Crippen LogP contribution >= 0.6 is 0 Å². The molecule has 19 heavy (non-hydrogen) atoms. The summed E-state index contributed by atoms with van der Waals surface area (Å²) in [7, 11) is 0. The molecule has 0 aromatic heterocycles. The number of carbonyl (C=O) groups excluding carboxylic acids is 3. The van der Waals surface area contributed by atoms with E-state index in [9.17, 15) is 14.4 Å². The summed E-state index contributed by atoms with van der Waals surface area (Å²) in [6, 6.07) is -0.606. The summed E-state index contributed by atoms with van der Waals surface area (Å²) >= 11 is 0. The predicted molar refractivity (Wildman–Crippen MR) is 69.3 cm³/mol. The molecule has 1 spiro atoms. The van der Waals surface area contributed by atoms with E-state index in [2.05, 4.69) is 10.6 Å². The van der Waals surface area contributed by atoms with Gasteiger partial charge in [-0.1, -0.05) is 0 Å². The minimum Gasteiger partial charge on any atom is -0.323 e. The third kappa shape index (κ3) is 2.25. The fraction of sp³-hybridized carbons (Fsp3) is 0.769. The van der Waals surface area contributed by atoms with Crippen LogP contribution in [0, 0.1) is 0 Å². The second-order valence-corrected chi connectivity index (χ2v) is 6.92. The van der Waals surface area contributed by atoms with Crippen LogP contribution in [0.5, 0.6) is 0 Å². The molecule has 2 heterocycles. The number of hydrogen-bond donors (Lipinski definition) is 2. The SMILES string of the molecule is CC(=O)N1C(=O)NC2(CC(C)(C)NC(C)(C)C2)C1=O. The Hall–Kier alpha value is -1.43. The molecule has 0 aliphatic carbocycles. The predicted octanol–water partition coefficient (Wildman–Crippen LogP) is 0.764. The summed E-state index contributed by atoms with van der Waals surface area (Å²) in [5.41, 5.74) is -1.56. The molecule has 0 bridgehead atoms. The molecule has 2 saturated heterocycles. The Morgan fingerprint density at radius 1 is 1.11 bits per heavy atom. The van der Waals surface area contributed by atoms with Crippen molar-refractivity contribution < 1.29 is 14.4 Å². The molecule has 4 amide bonds. The second-order valence-electron chi connectivity index (χ2n) is 6.92. The van der Waals surface area contributed by atoms with Crippen LogP contribution in [0.1, 0.15) is 47.5 Å². The topological polar surface area (TPSA) is 78.5 Å². The lowest BCUT2D eigenvalue weighted by atomic mass is 9.71. The standard InChI is InChI=1S/C13H21N3O3/c1-8(17)16-9(18)13(14-10(16)19)6-11(2,3)15-12(4,5)7-13/h15H,6-7H2,1-5H3,(H,14,19). The molecule has 0 unspecified atom stereocenters. The number of nitrogens with one attached hydrogen (secondary N) is 2. The molecule has 2 N–H and O–H groups in total. The van der Waals surface area contributed by atoms with E-state index in [-0.39, 0.29) is 11.1 Å². The molecule has 0 atom stereocenters. The van der Waals surface area contributed by atoms with Gasteiger partial charge in [0.05, 0.1) is 0 Å². The first-order valence-corrected chi connectivity index (χ1v) is 6.45. The average molecular weight is 267 g/mol. The number of urea groups is 1. The van der Waals surface area contributed by atoms with Crippen LogP contribution in [0.15, 0.2) is 0 Å². The maximum Gasteiger partial charge on any atom is 0.331 e. The van der Waals surface area contributed by atoms with E-state index < -0.39 is 23.4 Å². The van der Waals surface area contributed by atoms with Crippen molar-refractivity contribution in [3.63, 3.8) is 0 Å². The van der Waals surface area contributed by atoms with Crippen LogP contribution in [0.25, 0.3) is 0 Å². The van der Waals surface area contributed by atoms with Gasteiger partial charge in [0.2, 0.25) is 5.91 Å². The van der Waals surface area contributed by atoms with E-state index in [0.717, 1.165) is 4.90 Å². The number of piperidine rings is 1. The summed E-state index contributed by atoms with van der Waals surface area (Å²) in [6.45, 7) is 9.20. The smallest absolute Gasteiger partial charge is 0.323 e. The van der Waals surface area contributed by atoms with E-state index in [1.165, 1.54) is 6.92 Å². The third-order valence-electron chi connectivity index (χ3n) is 3.64. The minimum absolute atomic E-state index is 0.294. The van der Waals surface area contributed by atoms with Gasteiger partial charge in [-0.3, -0.25) is 9.59 Å². The van der Waals surface area contributed by atoms with Crippen LogP contribution in [0.4, 0.5) is 4.79 Å². The van der Waals surface area contributed by atoms with Crippen molar-refractivity contribution in [1.82, 2.24) is 15.5 Å². The van der Waals surface area contributed by atoms with E-state index >= 15 is 0 Å². The summed E-state index contributed by atoms with van der Waals surface area (Å²) < 4.78 is 0. The van der Waals surface area contributed by atoms with Gasteiger partial charge in [0.1, 0.15) is 5.54 Å². The Bertz CT molecular complexity index is 452. The maximum atomic E-state index is 12.5. The quantitative estimate of drug-likeness (QED) is 0.635. The fourth-order valence-corrected chi connectivity index (χ4v) is 3.72. The molecule has 6 nitrogen and oxygen atoms in total. The largest absolute Gasteiger partial charge is 0.331 e. The van der Waals surface area contributed by atoms with Crippen LogP contribution in [0.2, 0.25) is 0 Å². The van der Waals surface area contributed by atoms with Gasteiger partial charge < -0.3 is 10.6 Å². The van der Waals surface area contributed by atoms with Crippen LogP contribution in [0.3, 0.4) is 0 Å². The first kappa shape index (κ1) is 14.0. The van der Waals surface area contributed by atoms with Crippen molar-refractivity contribution in [3.05, 3.63) is 0 Å². The van der Waals surface area contributed by atoms with Crippen LogP contribution in [-0.4, -0.2) is 39.4 Å². The lowest BCUT2D eigenvalue weighted by Gasteiger charge is -2.50. The van der Waals surface area contributed by atoms with Crippen molar-refractivity contribution >= 4 is 17.8 Å². The second kappa shape index (κ2) is 3.79. The van der Waals surface area contributed by atoms with Crippen molar-refractivity contribution in [2.75, 3.05) is 0 Å².